The van der Waals surface area contributed by atoms with Gasteiger partial charge in [-0.05, 0) is 49.6 Å². The number of unbranched alkanes of at least 4 members (excludes halogenated alkanes) is 1. The summed E-state index contributed by atoms with van der Waals surface area (Å²) in [6, 6.07) is 21.9. The minimum atomic E-state index is -0.0888. The lowest BCUT2D eigenvalue weighted by Gasteiger charge is -2.28. The molecule has 0 aliphatic carbocycles. The largest absolute Gasteiger partial charge is 0.345 e. The lowest BCUT2D eigenvalue weighted by molar-refractivity contribution is -0.132. The number of carbonyl (C=O) groups is 2. The van der Waals surface area contributed by atoms with Crippen molar-refractivity contribution in [3.05, 3.63) is 95.3 Å². The number of amides is 2. The molecule has 0 aliphatic heterocycles. The van der Waals surface area contributed by atoms with Crippen molar-refractivity contribution in [2.75, 3.05) is 19.6 Å². The van der Waals surface area contributed by atoms with Crippen molar-refractivity contribution in [2.24, 2.45) is 0 Å². The maximum absolute atomic E-state index is 13.4. The summed E-state index contributed by atoms with van der Waals surface area (Å²) in [5.74, 6) is -0.0939. The minimum absolute atomic E-state index is 0.00510. The van der Waals surface area contributed by atoms with Crippen LogP contribution in [-0.2, 0) is 17.9 Å². The van der Waals surface area contributed by atoms with Crippen LogP contribution >= 0.6 is 0 Å². The molecule has 180 valence electrons. The number of nitrogens with zero attached hydrogens (tertiary/aromatic N) is 3. The van der Waals surface area contributed by atoms with E-state index in [-0.39, 0.29) is 18.4 Å². The summed E-state index contributed by atoms with van der Waals surface area (Å²) in [7, 11) is 0. The van der Waals surface area contributed by atoms with Gasteiger partial charge in [0.2, 0.25) is 5.91 Å². The zero-order valence-corrected chi connectivity index (χ0v) is 20.7. The molecule has 3 aromatic rings. The van der Waals surface area contributed by atoms with Crippen LogP contribution in [-0.4, -0.2) is 45.8 Å². The van der Waals surface area contributed by atoms with Crippen LogP contribution in [0.15, 0.2) is 72.9 Å². The second-order valence-electron chi connectivity index (χ2n) is 8.88. The Morgan fingerprint density at radius 2 is 1.65 bits per heavy atom. The van der Waals surface area contributed by atoms with Gasteiger partial charge in [-0.3, -0.25) is 9.59 Å². The molecule has 0 fully saturated rings. The second-order valence-corrected chi connectivity index (χ2v) is 8.88. The van der Waals surface area contributed by atoms with Gasteiger partial charge in [0.25, 0.3) is 5.91 Å². The Kier molecular flexibility index (Phi) is 9.51. The van der Waals surface area contributed by atoms with Crippen molar-refractivity contribution < 1.29 is 9.59 Å². The highest BCUT2D eigenvalue weighted by atomic mass is 16.2. The molecule has 0 radical (unpaired) electrons. The van der Waals surface area contributed by atoms with Crippen molar-refractivity contribution in [3.8, 4) is 0 Å². The molecule has 0 saturated heterocycles. The Balaban J connectivity index is 1.74. The molecule has 2 amide bonds. The van der Waals surface area contributed by atoms with Crippen LogP contribution in [0.1, 0.15) is 60.3 Å². The van der Waals surface area contributed by atoms with Gasteiger partial charge in [-0.1, -0.05) is 68.3 Å². The average Bonchev–Trinajstić information content (AvgIpc) is 3.27. The van der Waals surface area contributed by atoms with Crippen molar-refractivity contribution in [3.63, 3.8) is 0 Å². The van der Waals surface area contributed by atoms with Gasteiger partial charge in [0.05, 0.1) is 6.54 Å². The SMILES string of the molecule is CCCCN(Cc1cccn1Cc1cccc(C)c1)C(=O)CN(CCC)C(=O)c1ccccc1. The summed E-state index contributed by atoms with van der Waals surface area (Å²) in [6.45, 7) is 8.92. The van der Waals surface area contributed by atoms with Crippen LogP contribution < -0.4 is 0 Å². The number of aryl methyl sites for hydroxylation is 1. The molecular weight excluding hydrogens is 422 g/mol. The van der Waals surface area contributed by atoms with E-state index in [4.69, 9.17) is 0 Å². The first-order chi connectivity index (χ1) is 16.5. The van der Waals surface area contributed by atoms with Gasteiger partial charge in [0.1, 0.15) is 6.54 Å². The molecule has 0 bridgehead atoms. The molecule has 0 spiro atoms. The predicted molar refractivity (Wildman–Crippen MR) is 138 cm³/mol. The number of benzene rings is 2. The van der Waals surface area contributed by atoms with E-state index in [0.29, 0.717) is 25.2 Å². The van der Waals surface area contributed by atoms with Gasteiger partial charge in [0.15, 0.2) is 0 Å². The third-order valence-corrected chi connectivity index (χ3v) is 5.97. The van der Waals surface area contributed by atoms with Crippen molar-refractivity contribution >= 4 is 11.8 Å². The molecule has 0 N–H and O–H groups in total. The molecule has 0 atom stereocenters. The maximum Gasteiger partial charge on any atom is 0.254 e. The van der Waals surface area contributed by atoms with Gasteiger partial charge < -0.3 is 14.4 Å². The Morgan fingerprint density at radius 3 is 2.35 bits per heavy atom. The molecule has 0 saturated carbocycles. The fourth-order valence-corrected chi connectivity index (χ4v) is 4.14. The van der Waals surface area contributed by atoms with E-state index in [2.05, 4.69) is 54.9 Å². The molecule has 2 aromatic carbocycles. The zero-order chi connectivity index (χ0) is 24.3. The quantitative estimate of drug-likeness (QED) is 0.358. The summed E-state index contributed by atoms with van der Waals surface area (Å²) < 4.78 is 2.21. The van der Waals surface area contributed by atoms with E-state index in [1.807, 2.05) is 48.2 Å². The standard InChI is InChI=1S/C29H37N3O2/c1-4-6-18-31(22-27-16-11-19-30(27)21-25-13-10-12-24(3)20-25)28(33)23-32(17-5-2)29(34)26-14-8-7-9-15-26/h7-16,19-20H,4-6,17-18,21-23H2,1-3H3. The molecule has 0 unspecified atom stereocenters. The Hall–Kier alpha value is -3.34. The summed E-state index contributed by atoms with van der Waals surface area (Å²) in [5.41, 5.74) is 4.20. The van der Waals surface area contributed by atoms with Gasteiger partial charge in [-0.2, -0.15) is 0 Å². The second kappa shape index (κ2) is 12.8. The van der Waals surface area contributed by atoms with Crippen LogP contribution in [0.5, 0.6) is 0 Å². The summed E-state index contributed by atoms with van der Waals surface area (Å²) >= 11 is 0. The van der Waals surface area contributed by atoms with Crippen molar-refractivity contribution in [1.82, 2.24) is 14.4 Å². The lowest BCUT2D eigenvalue weighted by Crippen LogP contribution is -2.43. The highest BCUT2D eigenvalue weighted by Crippen LogP contribution is 2.14. The summed E-state index contributed by atoms with van der Waals surface area (Å²) in [4.78, 5) is 30.1. The zero-order valence-electron chi connectivity index (χ0n) is 20.7. The van der Waals surface area contributed by atoms with Crippen LogP contribution in [0.2, 0.25) is 0 Å². The molecule has 0 aliphatic rings. The summed E-state index contributed by atoms with van der Waals surface area (Å²) in [6.07, 6.45) is 4.82. The van der Waals surface area contributed by atoms with Crippen LogP contribution in [0, 0.1) is 6.92 Å². The van der Waals surface area contributed by atoms with E-state index in [1.165, 1.54) is 11.1 Å². The predicted octanol–water partition coefficient (Wildman–Crippen LogP) is 5.53. The van der Waals surface area contributed by atoms with Gasteiger partial charge in [-0.15, -0.1) is 0 Å². The molecule has 1 heterocycles. The normalized spacial score (nSPS) is 10.8. The molecule has 34 heavy (non-hydrogen) atoms. The maximum atomic E-state index is 13.4. The molecule has 5 heteroatoms. The molecular formula is C29H37N3O2. The third kappa shape index (κ3) is 7.08. The summed E-state index contributed by atoms with van der Waals surface area (Å²) in [5, 5.41) is 0. The first kappa shape index (κ1) is 25.3. The molecule has 3 rings (SSSR count). The first-order valence-electron chi connectivity index (χ1n) is 12.3. The van der Waals surface area contributed by atoms with E-state index in [0.717, 1.165) is 31.5 Å². The number of rotatable bonds is 12. The van der Waals surface area contributed by atoms with E-state index in [9.17, 15) is 9.59 Å². The Morgan fingerprint density at radius 1 is 0.853 bits per heavy atom. The van der Waals surface area contributed by atoms with Crippen molar-refractivity contribution in [2.45, 2.75) is 53.1 Å². The number of carbonyl (C=O) groups excluding carboxylic acids is 2. The van der Waals surface area contributed by atoms with Crippen LogP contribution in [0.25, 0.3) is 0 Å². The van der Waals surface area contributed by atoms with Gasteiger partial charge in [0, 0.05) is 37.1 Å². The number of hydrogen-bond donors (Lipinski definition) is 0. The Bertz CT molecular complexity index is 1060. The van der Waals surface area contributed by atoms with Crippen LogP contribution in [0.3, 0.4) is 0 Å². The van der Waals surface area contributed by atoms with E-state index < -0.39 is 0 Å². The fourth-order valence-electron chi connectivity index (χ4n) is 4.14. The molecule has 1 aromatic heterocycles. The third-order valence-electron chi connectivity index (χ3n) is 5.97. The lowest BCUT2D eigenvalue weighted by atomic mass is 10.1. The average molecular weight is 460 g/mol. The highest BCUT2D eigenvalue weighted by Gasteiger charge is 2.22. The topological polar surface area (TPSA) is 45.6 Å². The minimum Gasteiger partial charge on any atom is -0.345 e. The van der Waals surface area contributed by atoms with Crippen LogP contribution in [0.4, 0.5) is 0 Å². The highest BCUT2D eigenvalue weighted by molar-refractivity contribution is 5.96. The van der Waals surface area contributed by atoms with Gasteiger partial charge in [-0.25, -0.2) is 0 Å². The number of hydrogen-bond acceptors (Lipinski definition) is 2. The van der Waals surface area contributed by atoms with E-state index >= 15 is 0 Å². The van der Waals surface area contributed by atoms with Crippen molar-refractivity contribution in [1.29, 1.82) is 0 Å². The monoisotopic (exact) mass is 459 g/mol. The number of aromatic nitrogens is 1. The van der Waals surface area contributed by atoms with E-state index in [1.54, 1.807) is 4.90 Å². The van der Waals surface area contributed by atoms with Gasteiger partial charge >= 0.3 is 0 Å². The fraction of sp³-hybridized carbons (Fsp3) is 0.379. The smallest absolute Gasteiger partial charge is 0.254 e. The first-order valence-corrected chi connectivity index (χ1v) is 12.3. The Labute approximate surface area is 204 Å². The molecule has 5 nitrogen and oxygen atoms in total.